The SMILES string of the molecule is CN1CCC(C)(CNc2cc(F)cc([N+](=O)[O-])c2)CC1. The molecular weight excluding hydrogens is 261 g/mol. The zero-order valence-corrected chi connectivity index (χ0v) is 11.9. The number of rotatable bonds is 4. The van der Waals surface area contributed by atoms with Crippen molar-refractivity contribution >= 4 is 11.4 Å². The quantitative estimate of drug-likeness (QED) is 0.681. The summed E-state index contributed by atoms with van der Waals surface area (Å²) in [4.78, 5) is 12.4. The van der Waals surface area contributed by atoms with Crippen molar-refractivity contribution in [1.82, 2.24) is 4.90 Å². The summed E-state index contributed by atoms with van der Waals surface area (Å²) in [6.07, 6.45) is 2.13. The molecule has 1 aromatic carbocycles. The molecule has 5 nitrogen and oxygen atoms in total. The van der Waals surface area contributed by atoms with Crippen molar-refractivity contribution in [2.75, 3.05) is 32.0 Å². The van der Waals surface area contributed by atoms with Gasteiger partial charge < -0.3 is 10.2 Å². The van der Waals surface area contributed by atoms with Gasteiger partial charge in [0.1, 0.15) is 5.82 Å². The first-order chi connectivity index (χ1) is 9.38. The maximum atomic E-state index is 13.3. The van der Waals surface area contributed by atoms with Crippen LogP contribution in [0.15, 0.2) is 18.2 Å². The number of hydrogen-bond acceptors (Lipinski definition) is 4. The van der Waals surface area contributed by atoms with E-state index < -0.39 is 10.7 Å². The van der Waals surface area contributed by atoms with Crippen molar-refractivity contribution in [3.05, 3.63) is 34.1 Å². The van der Waals surface area contributed by atoms with Crippen LogP contribution in [-0.2, 0) is 0 Å². The summed E-state index contributed by atoms with van der Waals surface area (Å²) in [6.45, 7) is 4.98. The molecule has 0 spiro atoms. The van der Waals surface area contributed by atoms with Gasteiger partial charge in [0.15, 0.2) is 0 Å². The Balaban J connectivity index is 2.02. The molecule has 1 aliphatic rings. The zero-order chi connectivity index (χ0) is 14.8. The lowest BCUT2D eigenvalue weighted by atomic mass is 9.80. The highest BCUT2D eigenvalue weighted by atomic mass is 19.1. The molecule has 1 saturated heterocycles. The third-order valence-electron chi connectivity index (χ3n) is 4.01. The number of piperidine rings is 1. The van der Waals surface area contributed by atoms with Crippen LogP contribution in [0.1, 0.15) is 19.8 Å². The van der Waals surface area contributed by atoms with E-state index in [4.69, 9.17) is 0 Å². The van der Waals surface area contributed by atoms with E-state index in [9.17, 15) is 14.5 Å². The highest BCUT2D eigenvalue weighted by Crippen LogP contribution is 2.31. The Labute approximate surface area is 117 Å². The van der Waals surface area contributed by atoms with Crippen LogP contribution in [0.3, 0.4) is 0 Å². The molecule has 20 heavy (non-hydrogen) atoms. The maximum absolute atomic E-state index is 13.3. The lowest BCUT2D eigenvalue weighted by Gasteiger charge is -2.38. The summed E-state index contributed by atoms with van der Waals surface area (Å²) in [6, 6.07) is 3.61. The fourth-order valence-electron chi connectivity index (χ4n) is 2.43. The first-order valence-electron chi connectivity index (χ1n) is 6.75. The number of nitrogens with zero attached hydrogens (tertiary/aromatic N) is 2. The van der Waals surface area contributed by atoms with Crippen LogP contribution in [0.4, 0.5) is 15.8 Å². The number of nitrogens with one attached hydrogen (secondary N) is 1. The topological polar surface area (TPSA) is 58.4 Å². The Kier molecular flexibility index (Phi) is 4.23. The van der Waals surface area contributed by atoms with Crippen LogP contribution in [0.2, 0.25) is 0 Å². The summed E-state index contributed by atoms with van der Waals surface area (Å²) >= 11 is 0. The number of likely N-dealkylation sites (tertiary alicyclic amines) is 1. The Morgan fingerprint density at radius 3 is 2.65 bits per heavy atom. The van der Waals surface area contributed by atoms with E-state index in [0.717, 1.165) is 32.0 Å². The van der Waals surface area contributed by atoms with Gasteiger partial charge in [0.2, 0.25) is 0 Å². The molecule has 0 amide bonds. The van der Waals surface area contributed by atoms with Crippen molar-refractivity contribution < 1.29 is 9.31 Å². The molecule has 0 aliphatic carbocycles. The number of nitro benzene ring substituents is 1. The van der Waals surface area contributed by atoms with Gasteiger partial charge in [0, 0.05) is 18.3 Å². The van der Waals surface area contributed by atoms with Gasteiger partial charge >= 0.3 is 0 Å². The van der Waals surface area contributed by atoms with Gasteiger partial charge in [0.25, 0.3) is 5.69 Å². The largest absolute Gasteiger partial charge is 0.384 e. The lowest BCUT2D eigenvalue weighted by Crippen LogP contribution is -2.40. The Bertz CT molecular complexity index is 499. The normalized spacial score (nSPS) is 18.8. The molecule has 0 radical (unpaired) electrons. The first kappa shape index (κ1) is 14.7. The second kappa shape index (κ2) is 5.75. The number of non-ortho nitro benzene ring substituents is 1. The van der Waals surface area contributed by atoms with E-state index in [2.05, 4.69) is 24.2 Å². The van der Waals surface area contributed by atoms with Gasteiger partial charge in [-0.15, -0.1) is 0 Å². The number of halogens is 1. The van der Waals surface area contributed by atoms with Crippen LogP contribution in [0.5, 0.6) is 0 Å². The second-order valence-corrected chi connectivity index (χ2v) is 5.92. The minimum absolute atomic E-state index is 0.146. The molecule has 6 heteroatoms. The fourth-order valence-corrected chi connectivity index (χ4v) is 2.43. The van der Waals surface area contributed by atoms with Crippen LogP contribution in [0, 0.1) is 21.3 Å². The third kappa shape index (κ3) is 3.66. The van der Waals surface area contributed by atoms with Gasteiger partial charge in [-0.25, -0.2) is 4.39 Å². The van der Waals surface area contributed by atoms with Gasteiger partial charge in [-0.2, -0.15) is 0 Å². The fraction of sp³-hybridized carbons (Fsp3) is 0.571. The monoisotopic (exact) mass is 281 g/mol. The molecule has 1 aliphatic heterocycles. The molecule has 1 aromatic rings. The third-order valence-corrected chi connectivity index (χ3v) is 4.01. The lowest BCUT2D eigenvalue weighted by molar-refractivity contribution is -0.385. The number of benzene rings is 1. The summed E-state index contributed by atoms with van der Waals surface area (Å²) in [5.41, 5.74) is 0.394. The number of hydrogen-bond donors (Lipinski definition) is 1. The number of anilines is 1. The van der Waals surface area contributed by atoms with Crippen molar-refractivity contribution in [1.29, 1.82) is 0 Å². The molecule has 1 fully saturated rings. The predicted molar refractivity (Wildman–Crippen MR) is 76.4 cm³/mol. The molecule has 1 heterocycles. The van der Waals surface area contributed by atoms with Gasteiger partial charge in [0.05, 0.1) is 11.0 Å². The highest BCUT2D eigenvalue weighted by Gasteiger charge is 2.28. The average Bonchev–Trinajstić information content (AvgIpc) is 2.40. The van der Waals surface area contributed by atoms with Crippen molar-refractivity contribution in [3.63, 3.8) is 0 Å². The highest BCUT2D eigenvalue weighted by molar-refractivity contribution is 5.51. The molecule has 0 saturated carbocycles. The van der Waals surface area contributed by atoms with E-state index in [1.807, 2.05) is 0 Å². The molecule has 110 valence electrons. The first-order valence-corrected chi connectivity index (χ1v) is 6.75. The molecule has 0 aromatic heterocycles. The van der Waals surface area contributed by atoms with Crippen molar-refractivity contribution in [2.45, 2.75) is 19.8 Å². The van der Waals surface area contributed by atoms with Gasteiger partial charge in [-0.05, 0) is 44.5 Å². The minimum Gasteiger partial charge on any atom is -0.384 e. The molecular formula is C14H20FN3O2. The molecule has 0 atom stereocenters. The van der Waals surface area contributed by atoms with Crippen LogP contribution in [-0.4, -0.2) is 36.5 Å². The zero-order valence-electron chi connectivity index (χ0n) is 11.9. The smallest absolute Gasteiger partial charge is 0.274 e. The Hall–Kier alpha value is -1.69. The van der Waals surface area contributed by atoms with E-state index in [1.165, 1.54) is 12.1 Å². The average molecular weight is 281 g/mol. The van der Waals surface area contributed by atoms with Crippen molar-refractivity contribution in [2.24, 2.45) is 5.41 Å². The molecule has 2 rings (SSSR count). The standard InChI is InChI=1S/C14H20FN3O2/c1-14(3-5-17(2)6-4-14)10-16-12-7-11(15)8-13(9-12)18(19)20/h7-9,16H,3-6,10H2,1-2H3. The van der Waals surface area contributed by atoms with E-state index in [0.29, 0.717) is 12.2 Å². The summed E-state index contributed by atoms with van der Waals surface area (Å²) in [5, 5.41) is 13.9. The second-order valence-electron chi connectivity index (χ2n) is 5.92. The summed E-state index contributed by atoms with van der Waals surface area (Å²) in [5.74, 6) is -0.588. The Morgan fingerprint density at radius 2 is 2.05 bits per heavy atom. The molecule has 1 N–H and O–H groups in total. The van der Waals surface area contributed by atoms with Crippen LogP contribution < -0.4 is 5.32 Å². The molecule has 0 unspecified atom stereocenters. The minimum atomic E-state index is -0.588. The van der Waals surface area contributed by atoms with Gasteiger partial charge in [-0.1, -0.05) is 6.92 Å². The van der Waals surface area contributed by atoms with Crippen LogP contribution in [0.25, 0.3) is 0 Å². The number of nitro groups is 1. The van der Waals surface area contributed by atoms with Crippen LogP contribution >= 0.6 is 0 Å². The Morgan fingerprint density at radius 1 is 1.40 bits per heavy atom. The van der Waals surface area contributed by atoms with E-state index >= 15 is 0 Å². The van der Waals surface area contributed by atoms with Gasteiger partial charge in [-0.3, -0.25) is 10.1 Å². The maximum Gasteiger partial charge on any atom is 0.274 e. The summed E-state index contributed by atoms with van der Waals surface area (Å²) < 4.78 is 13.3. The molecule has 0 bridgehead atoms. The van der Waals surface area contributed by atoms with Crippen molar-refractivity contribution in [3.8, 4) is 0 Å². The summed E-state index contributed by atoms with van der Waals surface area (Å²) in [7, 11) is 2.10. The van der Waals surface area contributed by atoms with E-state index in [1.54, 1.807) is 0 Å². The van der Waals surface area contributed by atoms with E-state index in [-0.39, 0.29) is 11.1 Å². The predicted octanol–water partition coefficient (Wildman–Crippen LogP) is 2.88.